The third-order valence-corrected chi connectivity index (χ3v) is 3.69. The maximum Gasteiger partial charge on any atom is 0.284 e. The Labute approximate surface area is 132 Å². The molecule has 0 radical (unpaired) electrons. The number of benzene rings is 2. The van der Waals surface area contributed by atoms with E-state index in [-0.39, 0.29) is 21.9 Å². The Morgan fingerprint density at radius 1 is 1.04 bits per heavy atom. The summed E-state index contributed by atoms with van der Waals surface area (Å²) in [4.78, 5) is 12.1. The number of nitrogens with zero attached hydrogens (tertiary/aromatic N) is 3. The van der Waals surface area contributed by atoms with E-state index in [0.717, 1.165) is 11.1 Å². The van der Waals surface area contributed by atoms with Gasteiger partial charge in [0.05, 0.1) is 5.56 Å². The number of nitroso groups, excluding NO2 is 1. The van der Waals surface area contributed by atoms with Gasteiger partial charge < -0.3 is 10.4 Å². The SMILES string of the molecule is Cc1cccc(-c2c(N=O)c(-c3cccc(C)c3)[n+]([O-])n2O)c1. The molecule has 23 heavy (non-hydrogen) atoms. The van der Waals surface area contributed by atoms with Gasteiger partial charge in [-0.15, -0.1) is 4.91 Å². The fourth-order valence-corrected chi connectivity index (χ4v) is 2.65. The summed E-state index contributed by atoms with van der Waals surface area (Å²) in [5.74, 6) is 0. The van der Waals surface area contributed by atoms with Gasteiger partial charge in [-0.3, -0.25) is 0 Å². The molecule has 1 heterocycles. The molecule has 0 aliphatic heterocycles. The molecule has 3 aromatic rings. The molecule has 1 N–H and O–H groups in total. The topological polar surface area (TPSA) is 81.5 Å². The van der Waals surface area contributed by atoms with Crippen molar-refractivity contribution in [2.24, 2.45) is 5.18 Å². The fraction of sp³-hybridized carbons (Fsp3) is 0.118. The highest BCUT2D eigenvalue weighted by molar-refractivity contribution is 5.83. The van der Waals surface area contributed by atoms with E-state index < -0.39 is 0 Å². The Morgan fingerprint density at radius 2 is 1.61 bits per heavy atom. The largest absolute Gasteiger partial charge is 0.593 e. The van der Waals surface area contributed by atoms with E-state index in [9.17, 15) is 15.3 Å². The van der Waals surface area contributed by atoms with E-state index in [0.29, 0.717) is 16.0 Å². The second-order valence-corrected chi connectivity index (χ2v) is 5.44. The van der Waals surface area contributed by atoms with Gasteiger partial charge >= 0.3 is 0 Å². The number of aryl methyl sites for hydroxylation is 2. The lowest BCUT2D eigenvalue weighted by Crippen LogP contribution is -2.38. The zero-order valence-electron chi connectivity index (χ0n) is 12.7. The van der Waals surface area contributed by atoms with Crippen LogP contribution in [-0.2, 0) is 0 Å². The lowest BCUT2D eigenvalue weighted by molar-refractivity contribution is -0.714. The Kier molecular flexibility index (Phi) is 3.57. The molecule has 6 nitrogen and oxygen atoms in total. The molecule has 1 aromatic heterocycles. The van der Waals surface area contributed by atoms with Crippen molar-refractivity contribution in [3.63, 3.8) is 0 Å². The summed E-state index contributed by atoms with van der Waals surface area (Å²) in [5, 5.41) is 25.6. The average molecular weight is 309 g/mol. The van der Waals surface area contributed by atoms with Crippen molar-refractivity contribution < 1.29 is 10.1 Å². The molecule has 0 aliphatic rings. The van der Waals surface area contributed by atoms with E-state index in [2.05, 4.69) is 5.18 Å². The first-order valence-electron chi connectivity index (χ1n) is 7.08. The van der Waals surface area contributed by atoms with Crippen LogP contribution < -0.4 is 4.85 Å². The monoisotopic (exact) mass is 309 g/mol. The van der Waals surface area contributed by atoms with Crippen LogP contribution >= 0.6 is 0 Å². The zero-order valence-corrected chi connectivity index (χ0v) is 12.7. The van der Waals surface area contributed by atoms with Gasteiger partial charge in [0.25, 0.3) is 5.69 Å². The highest BCUT2D eigenvalue weighted by atomic mass is 16.6. The van der Waals surface area contributed by atoms with E-state index in [1.165, 1.54) is 0 Å². The van der Waals surface area contributed by atoms with Crippen LogP contribution in [0, 0.1) is 24.0 Å². The van der Waals surface area contributed by atoms with E-state index >= 15 is 0 Å². The number of hydrogen-bond donors (Lipinski definition) is 1. The summed E-state index contributed by atoms with van der Waals surface area (Å²) in [6.45, 7) is 3.76. The lowest BCUT2D eigenvalue weighted by Gasteiger charge is -2.01. The maximum absolute atomic E-state index is 12.4. The third kappa shape index (κ3) is 2.44. The van der Waals surface area contributed by atoms with Gasteiger partial charge in [0.15, 0.2) is 5.69 Å². The molecule has 3 rings (SSSR count). The summed E-state index contributed by atoms with van der Waals surface area (Å²) in [6.07, 6.45) is 0. The van der Waals surface area contributed by atoms with Crippen LogP contribution in [0.5, 0.6) is 0 Å². The zero-order chi connectivity index (χ0) is 16.6. The van der Waals surface area contributed by atoms with E-state index in [1.54, 1.807) is 36.4 Å². The predicted octanol–water partition coefficient (Wildman–Crippen LogP) is 3.71. The molecule has 0 aliphatic carbocycles. The van der Waals surface area contributed by atoms with Crippen LogP contribution in [0.1, 0.15) is 11.1 Å². The van der Waals surface area contributed by atoms with Crippen molar-refractivity contribution in [1.29, 1.82) is 0 Å². The summed E-state index contributed by atoms with van der Waals surface area (Å²) in [6, 6.07) is 14.3. The van der Waals surface area contributed by atoms with Crippen LogP contribution in [0.25, 0.3) is 22.5 Å². The number of rotatable bonds is 3. The minimum absolute atomic E-state index is 0.0303. The van der Waals surface area contributed by atoms with Gasteiger partial charge in [-0.25, -0.2) is 0 Å². The van der Waals surface area contributed by atoms with Crippen molar-refractivity contribution >= 4 is 5.69 Å². The lowest BCUT2D eigenvalue weighted by atomic mass is 10.0. The Hall–Kier alpha value is -3.15. The molecule has 0 unspecified atom stereocenters. The second kappa shape index (κ2) is 5.57. The fourth-order valence-electron chi connectivity index (χ4n) is 2.65. The standard InChI is InChI=1S/C17H15N3O3/c1-11-5-3-7-13(9-11)16-15(18-21)17(20(23)19(16)22)14-8-4-6-12(2)10-14/h3-10,22H,1-2H3. The molecule has 0 saturated heterocycles. The molecule has 2 aromatic carbocycles. The first-order valence-corrected chi connectivity index (χ1v) is 7.08. The summed E-state index contributed by atoms with van der Waals surface area (Å²) in [7, 11) is 0. The van der Waals surface area contributed by atoms with Crippen molar-refractivity contribution in [1.82, 2.24) is 4.85 Å². The van der Waals surface area contributed by atoms with Crippen LogP contribution in [0.3, 0.4) is 0 Å². The van der Waals surface area contributed by atoms with Gasteiger partial charge in [-0.1, -0.05) is 41.5 Å². The minimum atomic E-state index is -0.0845. The summed E-state index contributed by atoms with van der Waals surface area (Å²) in [5.41, 5.74) is 2.97. The van der Waals surface area contributed by atoms with E-state index in [4.69, 9.17) is 0 Å². The third-order valence-electron chi connectivity index (χ3n) is 3.69. The van der Waals surface area contributed by atoms with Gasteiger partial charge in [-0.05, 0) is 42.1 Å². The van der Waals surface area contributed by atoms with Gasteiger partial charge in [0, 0.05) is 10.4 Å². The molecule has 0 saturated carbocycles. The maximum atomic E-state index is 12.4. The van der Waals surface area contributed by atoms with Crippen molar-refractivity contribution in [2.45, 2.75) is 13.8 Å². The Balaban J connectivity index is 2.32. The normalized spacial score (nSPS) is 10.7. The number of aromatic nitrogens is 2. The van der Waals surface area contributed by atoms with Gasteiger partial charge in [-0.2, -0.15) is 0 Å². The van der Waals surface area contributed by atoms with Gasteiger partial charge in [0.2, 0.25) is 5.69 Å². The van der Waals surface area contributed by atoms with Crippen molar-refractivity contribution in [3.05, 3.63) is 69.8 Å². The van der Waals surface area contributed by atoms with E-state index in [1.807, 2.05) is 26.0 Å². The van der Waals surface area contributed by atoms with Crippen LogP contribution in [0.4, 0.5) is 5.69 Å². The molecule has 0 atom stereocenters. The summed E-state index contributed by atoms with van der Waals surface area (Å²) < 4.78 is 0. The van der Waals surface area contributed by atoms with Crippen molar-refractivity contribution in [3.8, 4) is 22.5 Å². The Bertz CT molecular complexity index is 831. The smallest absolute Gasteiger partial charge is 0.284 e. The highest BCUT2D eigenvalue weighted by Crippen LogP contribution is 2.37. The first-order chi connectivity index (χ1) is 11.0. The molecule has 0 fully saturated rings. The molecule has 6 heteroatoms. The van der Waals surface area contributed by atoms with Gasteiger partial charge in [0.1, 0.15) is 0 Å². The molecule has 0 amide bonds. The van der Waals surface area contributed by atoms with Crippen LogP contribution in [-0.4, -0.2) is 10.1 Å². The highest BCUT2D eigenvalue weighted by Gasteiger charge is 2.31. The second-order valence-electron chi connectivity index (χ2n) is 5.44. The average Bonchev–Trinajstić information content (AvgIpc) is 2.78. The minimum Gasteiger partial charge on any atom is -0.593 e. The van der Waals surface area contributed by atoms with Crippen LogP contribution in [0.15, 0.2) is 53.7 Å². The molecule has 116 valence electrons. The molecular formula is C17H15N3O3. The van der Waals surface area contributed by atoms with Crippen LogP contribution in [0.2, 0.25) is 0 Å². The summed E-state index contributed by atoms with van der Waals surface area (Å²) >= 11 is 0. The first kappa shape index (κ1) is 14.8. The Morgan fingerprint density at radius 3 is 2.17 bits per heavy atom. The quantitative estimate of drug-likeness (QED) is 0.346. The van der Waals surface area contributed by atoms with Crippen molar-refractivity contribution in [2.75, 3.05) is 0 Å². The predicted molar refractivity (Wildman–Crippen MR) is 86.4 cm³/mol. The number of hydrogen-bond acceptors (Lipinski definition) is 4. The molecular weight excluding hydrogens is 294 g/mol. The molecule has 0 bridgehead atoms. The molecule has 0 spiro atoms.